The second kappa shape index (κ2) is 7.07. The van der Waals surface area contributed by atoms with Crippen LogP contribution in [0.1, 0.15) is 24.1 Å². The highest BCUT2D eigenvalue weighted by Gasteiger charge is 2.48. The zero-order valence-electron chi connectivity index (χ0n) is 14.0. The Morgan fingerprint density at radius 3 is 2.46 bits per heavy atom. The first-order valence-electron chi connectivity index (χ1n) is 8.32. The number of piperidine rings is 1. The molecule has 1 aliphatic heterocycles. The van der Waals surface area contributed by atoms with Crippen LogP contribution >= 0.6 is 0 Å². The van der Waals surface area contributed by atoms with Crippen LogP contribution in [0.5, 0.6) is 0 Å². The van der Waals surface area contributed by atoms with Crippen LogP contribution < -0.4 is 5.32 Å². The molecule has 138 valence electrons. The van der Waals surface area contributed by atoms with Crippen LogP contribution in [-0.4, -0.2) is 24.4 Å². The Morgan fingerprint density at radius 2 is 1.81 bits per heavy atom. The van der Waals surface area contributed by atoms with Gasteiger partial charge in [0, 0.05) is 6.04 Å². The van der Waals surface area contributed by atoms with Crippen molar-refractivity contribution in [2.24, 2.45) is 11.8 Å². The summed E-state index contributed by atoms with van der Waals surface area (Å²) in [6, 6.07) is 3.10. The molecule has 1 aliphatic carbocycles. The summed E-state index contributed by atoms with van der Waals surface area (Å²) < 4.78 is 45.3. The third-order valence-corrected chi connectivity index (χ3v) is 4.62. The zero-order chi connectivity index (χ0) is 18.9. The van der Waals surface area contributed by atoms with Crippen LogP contribution in [0.15, 0.2) is 48.6 Å². The van der Waals surface area contributed by atoms with E-state index in [1.54, 1.807) is 31.2 Å². The van der Waals surface area contributed by atoms with E-state index in [2.05, 4.69) is 5.32 Å². The van der Waals surface area contributed by atoms with E-state index in [-0.39, 0.29) is 18.0 Å². The number of ether oxygens (including phenoxy) is 1. The molecule has 1 N–H and O–H groups in total. The summed E-state index contributed by atoms with van der Waals surface area (Å²) in [5.41, 5.74) is -0.880. The number of allylic oxidation sites excluding steroid dienone is 2. The van der Waals surface area contributed by atoms with Crippen molar-refractivity contribution >= 4 is 11.8 Å². The minimum Gasteiger partial charge on any atom is -0.465 e. The maximum absolute atomic E-state index is 13.4. The molecule has 4 nitrogen and oxygen atoms in total. The molecule has 0 unspecified atom stereocenters. The Kier molecular flexibility index (Phi) is 5.00. The van der Waals surface area contributed by atoms with Crippen molar-refractivity contribution in [1.82, 2.24) is 5.32 Å². The fraction of sp³-hybridized carbons (Fsp3) is 0.368. The summed E-state index contributed by atoms with van der Waals surface area (Å²) in [6.07, 6.45) is 1.85. The number of fused-ring (bicyclic) bond motifs is 2. The van der Waals surface area contributed by atoms with Crippen LogP contribution in [0.3, 0.4) is 0 Å². The van der Waals surface area contributed by atoms with Gasteiger partial charge in [0.05, 0.1) is 24.0 Å². The quantitative estimate of drug-likeness (QED) is 0.836. The number of Topliss-reactive ketones (excluding diaryl/α,β-unsaturated/α-hetero) is 1. The lowest BCUT2D eigenvalue weighted by Crippen LogP contribution is -2.56. The molecule has 0 spiro atoms. The summed E-state index contributed by atoms with van der Waals surface area (Å²) in [5, 5.41) is 2.94. The van der Waals surface area contributed by atoms with E-state index >= 15 is 0 Å². The normalized spacial score (nSPS) is 27.9. The molecular weight excluding hydrogens is 347 g/mol. The molecule has 0 amide bonds. The van der Waals surface area contributed by atoms with Crippen molar-refractivity contribution in [2.75, 3.05) is 6.61 Å². The largest absolute Gasteiger partial charge is 0.465 e. The van der Waals surface area contributed by atoms with Crippen molar-refractivity contribution in [2.45, 2.75) is 25.2 Å². The standard InChI is InChI=1S/C19H18F3NO3/c1-2-26-18(25)16-13-9-4-3-8-12(17(13)24)15(23-16)11-7-5-6-10-14(11)19(20,21)22/h3-10,12-13,15-16,23H,2H2,1H3/t12-,13+,15-,16-/m0/s1. The summed E-state index contributed by atoms with van der Waals surface area (Å²) >= 11 is 0. The maximum atomic E-state index is 13.4. The van der Waals surface area contributed by atoms with Crippen LogP contribution in [0, 0.1) is 11.8 Å². The van der Waals surface area contributed by atoms with E-state index in [4.69, 9.17) is 4.74 Å². The number of carbonyl (C=O) groups excluding carboxylic acids is 2. The lowest BCUT2D eigenvalue weighted by atomic mass is 9.76. The lowest BCUT2D eigenvalue weighted by molar-refractivity contribution is -0.151. The zero-order valence-corrected chi connectivity index (χ0v) is 14.0. The van der Waals surface area contributed by atoms with Crippen LogP contribution in [0.2, 0.25) is 0 Å². The van der Waals surface area contributed by atoms with Gasteiger partial charge in [-0.1, -0.05) is 42.5 Å². The first-order valence-corrected chi connectivity index (χ1v) is 8.32. The van der Waals surface area contributed by atoms with Gasteiger partial charge in [0.1, 0.15) is 6.04 Å². The van der Waals surface area contributed by atoms with Crippen LogP contribution in [-0.2, 0) is 20.5 Å². The monoisotopic (exact) mass is 365 g/mol. The highest BCUT2D eigenvalue weighted by atomic mass is 19.4. The maximum Gasteiger partial charge on any atom is 0.416 e. The first kappa shape index (κ1) is 18.4. The predicted molar refractivity (Wildman–Crippen MR) is 88.0 cm³/mol. The van der Waals surface area contributed by atoms with Gasteiger partial charge in [-0.15, -0.1) is 0 Å². The Balaban J connectivity index is 2.07. The Morgan fingerprint density at radius 1 is 1.15 bits per heavy atom. The van der Waals surface area contributed by atoms with Gasteiger partial charge >= 0.3 is 12.1 Å². The number of benzene rings is 1. The number of rotatable bonds is 3. The molecular formula is C19H18F3NO3. The van der Waals surface area contributed by atoms with Crippen LogP contribution in [0.4, 0.5) is 13.2 Å². The Bertz CT molecular complexity index is 770. The third-order valence-electron chi connectivity index (χ3n) is 4.62. The van der Waals surface area contributed by atoms with Gasteiger partial charge in [0.25, 0.3) is 0 Å². The molecule has 1 aromatic carbocycles. The molecule has 0 radical (unpaired) electrons. The fourth-order valence-electron chi connectivity index (χ4n) is 3.49. The minimum atomic E-state index is -4.57. The van der Waals surface area contributed by atoms with E-state index < -0.39 is 41.6 Å². The smallest absolute Gasteiger partial charge is 0.416 e. The van der Waals surface area contributed by atoms with Gasteiger partial charge in [-0.25, -0.2) is 0 Å². The third kappa shape index (κ3) is 3.31. The summed E-state index contributed by atoms with van der Waals surface area (Å²) in [7, 11) is 0. The topological polar surface area (TPSA) is 55.4 Å². The number of nitrogens with one attached hydrogen (secondary N) is 1. The molecule has 26 heavy (non-hydrogen) atoms. The Hall–Kier alpha value is -2.41. The molecule has 0 saturated carbocycles. The van der Waals surface area contributed by atoms with Crippen molar-refractivity contribution in [3.05, 3.63) is 59.7 Å². The van der Waals surface area contributed by atoms with Gasteiger partial charge in [-0.3, -0.25) is 14.9 Å². The van der Waals surface area contributed by atoms with Gasteiger partial charge in [-0.2, -0.15) is 13.2 Å². The average Bonchev–Trinajstić information content (AvgIpc) is 2.72. The minimum absolute atomic E-state index is 0.0577. The lowest BCUT2D eigenvalue weighted by Gasteiger charge is -2.38. The highest BCUT2D eigenvalue weighted by Crippen LogP contribution is 2.41. The molecule has 2 aliphatic rings. The van der Waals surface area contributed by atoms with E-state index in [0.717, 1.165) is 6.07 Å². The highest BCUT2D eigenvalue weighted by molar-refractivity contribution is 5.95. The van der Waals surface area contributed by atoms with Gasteiger partial charge in [-0.05, 0) is 18.6 Å². The van der Waals surface area contributed by atoms with Gasteiger partial charge in [0.2, 0.25) is 0 Å². The molecule has 0 aromatic heterocycles. The second-order valence-electron chi connectivity index (χ2n) is 6.18. The number of esters is 1. The second-order valence-corrected chi connectivity index (χ2v) is 6.18. The predicted octanol–water partition coefficient (Wildman–Crippen LogP) is 3.21. The average molecular weight is 365 g/mol. The molecule has 1 aromatic rings. The molecule has 4 atom stereocenters. The summed E-state index contributed by atoms with van der Waals surface area (Å²) in [5.74, 6) is -2.52. The van der Waals surface area contributed by atoms with Crippen LogP contribution in [0.25, 0.3) is 0 Å². The number of alkyl halides is 3. The van der Waals surface area contributed by atoms with E-state index in [1.165, 1.54) is 18.2 Å². The van der Waals surface area contributed by atoms with Crippen molar-refractivity contribution in [3.63, 3.8) is 0 Å². The molecule has 2 bridgehead atoms. The van der Waals surface area contributed by atoms with Crippen molar-refractivity contribution < 1.29 is 27.5 Å². The Labute approximate surface area is 148 Å². The van der Waals surface area contributed by atoms with E-state index in [0.29, 0.717) is 0 Å². The van der Waals surface area contributed by atoms with Gasteiger partial charge < -0.3 is 4.74 Å². The molecule has 1 fully saturated rings. The molecule has 7 heteroatoms. The molecule has 1 heterocycles. The number of ketones is 1. The number of halogens is 3. The van der Waals surface area contributed by atoms with E-state index in [9.17, 15) is 22.8 Å². The summed E-state index contributed by atoms with van der Waals surface area (Å²) in [6.45, 7) is 1.75. The molecule has 1 saturated heterocycles. The van der Waals surface area contributed by atoms with Crippen molar-refractivity contribution in [3.8, 4) is 0 Å². The number of hydrogen-bond acceptors (Lipinski definition) is 4. The SMILES string of the molecule is CCOC(=O)[C@H]1N[C@@H](c2ccccc2C(F)(F)F)[C@@H]2C=CC=C[C@H]1C2=O. The molecule has 3 rings (SSSR count). The van der Waals surface area contributed by atoms with Crippen molar-refractivity contribution in [1.29, 1.82) is 0 Å². The number of hydrogen-bond donors (Lipinski definition) is 1. The first-order chi connectivity index (χ1) is 12.3. The van der Waals surface area contributed by atoms with Gasteiger partial charge in [0.15, 0.2) is 5.78 Å². The number of carbonyl (C=O) groups is 2. The van der Waals surface area contributed by atoms with E-state index in [1.807, 2.05) is 0 Å². The fourth-order valence-corrected chi connectivity index (χ4v) is 3.49. The summed E-state index contributed by atoms with van der Waals surface area (Å²) in [4.78, 5) is 25.2.